The second-order valence-corrected chi connectivity index (χ2v) is 1.92. The third-order valence-corrected chi connectivity index (χ3v) is 0.997. The summed E-state index contributed by atoms with van der Waals surface area (Å²) in [5.74, 6) is -2.24. The van der Waals surface area contributed by atoms with Crippen LogP contribution >= 0.6 is 0 Å². The van der Waals surface area contributed by atoms with E-state index in [1.807, 2.05) is 0 Å². The first-order chi connectivity index (χ1) is 5.50. The van der Waals surface area contributed by atoms with Gasteiger partial charge in [0.25, 0.3) is 0 Å². The van der Waals surface area contributed by atoms with Crippen molar-refractivity contribution < 1.29 is 22.8 Å². The van der Waals surface area contributed by atoms with Gasteiger partial charge in [-0.2, -0.15) is 17.9 Å². The molecule has 0 saturated carbocycles. The van der Waals surface area contributed by atoms with E-state index in [1.165, 1.54) is 24.5 Å². The van der Waals surface area contributed by atoms with Crippen molar-refractivity contribution in [2.75, 3.05) is 0 Å². The molecule has 66 valence electrons. The highest BCUT2D eigenvalue weighted by molar-refractivity contribution is 5.75. The molecule has 0 fully saturated rings. The largest absolute Gasteiger partial charge is 0.493 e. The minimum atomic E-state index is -4.95. The highest BCUT2D eigenvalue weighted by atomic mass is 19.4. The molecular formula is C6H4F3NO2. The molecule has 6 heteroatoms. The van der Waals surface area contributed by atoms with Gasteiger partial charge in [-0.3, -0.25) is 0 Å². The van der Waals surface area contributed by atoms with Crippen LogP contribution in [0.3, 0.4) is 0 Å². The van der Waals surface area contributed by atoms with E-state index < -0.39 is 12.1 Å². The topological polar surface area (TPSA) is 31.2 Å². The minimum Gasteiger partial charge on any atom is -0.328 e. The van der Waals surface area contributed by atoms with E-state index in [0.29, 0.717) is 4.73 Å². The molecule has 0 amide bonds. The summed E-state index contributed by atoms with van der Waals surface area (Å²) in [6, 6.07) is 2.87. The smallest absolute Gasteiger partial charge is 0.328 e. The molecule has 0 aliphatic rings. The van der Waals surface area contributed by atoms with E-state index in [4.69, 9.17) is 0 Å². The first kappa shape index (κ1) is 8.63. The van der Waals surface area contributed by atoms with E-state index in [-0.39, 0.29) is 0 Å². The molecule has 0 bridgehead atoms. The SMILES string of the molecule is O=C(On1cccc1)C(F)(F)F. The lowest BCUT2D eigenvalue weighted by molar-refractivity contribution is -0.199. The predicted molar refractivity (Wildman–Crippen MR) is 32.1 cm³/mol. The average Bonchev–Trinajstić information content (AvgIpc) is 2.37. The summed E-state index contributed by atoms with van der Waals surface area (Å²) in [6.07, 6.45) is -2.59. The van der Waals surface area contributed by atoms with Gasteiger partial charge >= 0.3 is 12.1 Å². The zero-order chi connectivity index (χ0) is 9.19. The van der Waals surface area contributed by atoms with Gasteiger partial charge in [-0.1, -0.05) is 0 Å². The van der Waals surface area contributed by atoms with Crippen LogP contribution in [0, 0.1) is 0 Å². The monoisotopic (exact) mass is 179 g/mol. The summed E-state index contributed by atoms with van der Waals surface area (Å²) >= 11 is 0. The summed E-state index contributed by atoms with van der Waals surface area (Å²) in [5.41, 5.74) is 0. The van der Waals surface area contributed by atoms with Crippen LogP contribution in [0.4, 0.5) is 13.2 Å². The Hall–Kier alpha value is -1.46. The average molecular weight is 179 g/mol. The number of hydrogen-bond donors (Lipinski definition) is 0. The van der Waals surface area contributed by atoms with Crippen molar-refractivity contribution in [1.82, 2.24) is 4.73 Å². The number of rotatable bonds is 1. The maximum atomic E-state index is 11.6. The molecule has 1 heterocycles. The van der Waals surface area contributed by atoms with Crippen molar-refractivity contribution in [2.24, 2.45) is 0 Å². The maximum absolute atomic E-state index is 11.6. The van der Waals surface area contributed by atoms with Gasteiger partial charge in [0.05, 0.1) is 0 Å². The fourth-order valence-electron chi connectivity index (χ4n) is 0.527. The van der Waals surface area contributed by atoms with Gasteiger partial charge in [0.2, 0.25) is 0 Å². The van der Waals surface area contributed by atoms with E-state index in [1.54, 1.807) is 0 Å². The molecule has 0 N–H and O–H groups in total. The molecule has 0 saturated heterocycles. The third-order valence-electron chi connectivity index (χ3n) is 0.997. The Labute approximate surface area is 65.3 Å². The summed E-state index contributed by atoms with van der Waals surface area (Å²) < 4.78 is 35.3. The highest BCUT2D eigenvalue weighted by Gasteiger charge is 2.41. The minimum absolute atomic E-state index is 0.676. The Morgan fingerprint density at radius 3 is 2.17 bits per heavy atom. The Morgan fingerprint density at radius 1 is 1.25 bits per heavy atom. The van der Waals surface area contributed by atoms with Gasteiger partial charge in [-0.15, -0.1) is 0 Å². The Bertz CT molecular complexity index is 265. The Kier molecular flexibility index (Phi) is 2.07. The molecule has 1 aromatic heterocycles. The van der Waals surface area contributed by atoms with Crippen molar-refractivity contribution in [3.8, 4) is 0 Å². The lowest BCUT2D eigenvalue weighted by Gasteiger charge is -2.05. The van der Waals surface area contributed by atoms with Gasteiger partial charge in [-0.25, -0.2) is 4.79 Å². The van der Waals surface area contributed by atoms with Crippen LogP contribution in [0.5, 0.6) is 0 Å². The molecule has 12 heavy (non-hydrogen) atoms. The van der Waals surface area contributed by atoms with Gasteiger partial charge < -0.3 is 4.84 Å². The van der Waals surface area contributed by atoms with E-state index in [0.717, 1.165) is 0 Å². The van der Waals surface area contributed by atoms with Gasteiger partial charge in [0, 0.05) is 12.4 Å². The summed E-state index contributed by atoms with van der Waals surface area (Å²) in [5, 5.41) is 0. The zero-order valence-corrected chi connectivity index (χ0v) is 5.71. The molecule has 0 aliphatic carbocycles. The summed E-state index contributed by atoms with van der Waals surface area (Å²) in [4.78, 5) is 14.0. The second kappa shape index (κ2) is 2.88. The molecule has 1 rings (SSSR count). The molecule has 0 radical (unpaired) electrons. The van der Waals surface area contributed by atoms with Crippen LogP contribution in [0.2, 0.25) is 0 Å². The van der Waals surface area contributed by atoms with E-state index >= 15 is 0 Å². The lowest BCUT2D eigenvalue weighted by Crippen LogP contribution is -2.32. The first-order valence-corrected chi connectivity index (χ1v) is 2.92. The van der Waals surface area contributed by atoms with Crippen molar-refractivity contribution in [3.05, 3.63) is 24.5 Å². The fourth-order valence-corrected chi connectivity index (χ4v) is 0.527. The highest BCUT2D eigenvalue weighted by Crippen LogP contribution is 2.14. The van der Waals surface area contributed by atoms with Gasteiger partial charge in [-0.05, 0) is 12.1 Å². The van der Waals surface area contributed by atoms with Crippen LogP contribution in [0.1, 0.15) is 0 Å². The van der Waals surface area contributed by atoms with Crippen LogP contribution < -0.4 is 4.84 Å². The van der Waals surface area contributed by atoms with Crippen molar-refractivity contribution in [3.63, 3.8) is 0 Å². The molecule has 3 nitrogen and oxygen atoms in total. The fraction of sp³-hybridized carbons (Fsp3) is 0.167. The van der Waals surface area contributed by atoms with E-state index in [9.17, 15) is 18.0 Å². The second-order valence-electron chi connectivity index (χ2n) is 1.92. The van der Waals surface area contributed by atoms with Crippen LogP contribution in [-0.4, -0.2) is 16.9 Å². The number of halogens is 3. The number of hydrogen-bond acceptors (Lipinski definition) is 2. The molecule has 0 unspecified atom stereocenters. The van der Waals surface area contributed by atoms with Gasteiger partial charge in [0.1, 0.15) is 0 Å². The molecule has 0 spiro atoms. The molecule has 1 aromatic rings. The van der Waals surface area contributed by atoms with Crippen LogP contribution in [0.15, 0.2) is 24.5 Å². The third kappa shape index (κ3) is 2.01. The predicted octanol–water partition coefficient (Wildman–Crippen LogP) is 1.01. The molecular weight excluding hydrogens is 175 g/mol. The van der Waals surface area contributed by atoms with Crippen molar-refractivity contribution in [2.45, 2.75) is 6.18 Å². The number of carbonyl (C=O) groups excluding carboxylic acids is 1. The van der Waals surface area contributed by atoms with E-state index in [2.05, 4.69) is 4.84 Å². The Morgan fingerprint density at radius 2 is 1.75 bits per heavy atom. The molecule has 0 aromatic carbocycles. The number of alkyl halides is 3. The van der Waals surface area contributed by atoms with Gasteiger partial charge in [0.15, 0.2) is 0 Å². The number of nitrogens with zero attached hydrogens (tertiary/aromatic N) is 1. The summed E-state index contributed by atoms with van der Waals surface area (Å²) in [7, 11) is 0. The molecule has 0 aliphatic heterocycles. The standard InChI is InChI=1S/C6H4F3NO2/c7-6(8,9)5(11)12-10-3-1-2-4-10/h1-4H. The van der Waals surface area contributed by atoms with Crippen LogP contribution in [-0.2, 0) is 4.79 Å². The molecule has 0 atom stereocenters. The zero-order valence-electron chi connectivity index (χ0n) is 5.71. The van der Waals surface area contributed by atoms with Crippen molar-refractivity contribution in [1.29, 1.82) is 0 Å². The van der Waals surface area contributed by atoms with Crippen molar-refractivity contribution >= 4 is 5.97 Å². The number of aromatic nitrogens is 1. The quantitative estimate of drug-likeness (QED) is 0.644. The normalized spacial score (nSPS) is 11.2. The lowest BCUT2D eigenvalue weighted by atomic mass is 10.7. The Balaban J connectivity index is 2.60. The summed E-state index contributed by atoms with van der Waals surface area (Å²) in [6.45, 7) is 0. The number of carbonyl (C=O) groups is 1. The van der Waals surface area contributed by atoms with Crippen LogP contribution in [0.25, 0.3) is 0 Å². The maximum Gasteiger partial charge on any atom is 0.493 e. The first-order valence-electron chi connectivity index (χ1n) is 2.92.